The Kier molecular flexibility index (Phi) is 6.48. The number of aromatic nitrogens is 2. The number of fused-ring (bicyclic) bond motifs is 3. The fourth-order valence-electron chi connectivity index (χ4n) is 7.28. The minimum absolute atomic E-state index is 0.0740. The molecule has 4 atom stereocenters. The van der Waals surface area contributed by atoms with Crippen molar-refractivity contribution in [2.45, 2.75) is 66.2 Å². The number of halogens is 1. The summed E-state index contributed by atoms with van der Waals surface area (Å²) in [6.07, 6.45) is 12.6. The highest BCUT2D eigenvalue weighted by atomic mass is 35.5. The lowest BCUT2D eigenvalue weighted by atomic mass is 9.46. The van der Waals surface area contributed by atoms with E-state index in [1.807, 2.05) is 24.3 Å². The van der Waals surface area contributed by atoms with Gasteiger partial charge in [0.05, 0.1) is 11.1 Å². The molecule has 3 aliphatic carbocycles. The minimum atomic E-state index is -0.531. The first kappa shape index (κ1) is 25.0. The van der Waals surface area contributed by atoms with Gasteiger partial charge in [0.25, 0.3) is 0 Å². The lowest BCUT2D eigenvalue weighted by Crippen LogP contribution is -2.56. The van der Waals surface area contributed by atoms with Gasteiger partial charge in [0.1, 0.15) is 18.0 Å². The lowest BCUT2D eigenvalue weighted by Gasteiger charge is -2.58. The number of amides is 1. The molecule has 1 fully saturated rings. The standard InChI is InChI=1S/C30H37ClN4O/c1-19(2)20-6-12-24-21(16-20)7-13-25-29(24,3)14-5-15-30(25,4)28(36)35(23-10-8-22(31)9-11-23)27-17-26(32)33-18-34-27/h7-11,16-19,24-25H,5-6,12-15H2,1-4H3,(H2,32,33,34)/t24-,25+,29+,30+/m0/s1. The molecule has 36 heavy (non-hydrogen) atoms. The Morgan fingerprint density at radius 3 is 2.61 bits per heavy atom. The topological polar surface area (TPSA) is 72.1 Å². The SMILES string of the molecule is CC(C)C1=CC2=CC[C@@H]3[C@](C)(CCC[C@@]3(C)C(=O)N(c3ccc(Cl)cc3)c3cc(N)ncn3)[C@H]2CC1. The third-order valence-corrected chi connectivity index (χ3v) is 9.51. The number of hydrogen-bond acceptors (Lipinski definition) is 4. The van der Waals surface area contributed by atoms with Crippen LogP contribution in [0.5, 0.6) is 0 Å². The van der Waals surface area contributed by atoms with Gasteiger partial charge in [-0.3, -0.25) is 9.69 Å². The molecule has 6 heteroatoms. The van der Waals surface area contributed by atoms with Gasteiger partial charge in [-0.1, -0.05) is 63.4 Å². The first-order chi connectivity index (χ1) is 17.1. The van der Waals surface area contributed by atoms with Crippen molar-refractivity contribution < 1.29 is 4.79 Å². The Labute approximate surface area is 219 Å². The summed E-state index contributed by atoms with van der Waals surface area (Å²) in [5.41, 5.74) is 9.37. The summed E-state index contributed by atoms with van der Waals surface area (Å²) in [6, 6.07) is 9.05. The van der Waals surface area contributed by atoms with Gasteiger partial charge >= 0.3 is 0 Å². The summed E-state index contributed by atoms with van der Waals surface area (Å²) < 4.78 is 0. The molecule has 1 aromatic carbocycles. The van der Waals surface area contributed by atoms with Gasteiger partial charge in [0.2, 0.25) is 5.91 Å². The first-order valence-electron chi connectivity index (χ1n) is 13.2. The number of nitrogens with two attached hydrogens (primary N) is 1. The molecule has 5 rings (SSSR count). The average molecular weight is 505 g/mol. The quantitative estimate of drug-likeness (QED) is 0.467. The van der Waals surface area contributed by atoms with Crippen LogP contribution in [0.3, 0.4) is 0 Å². The van der Waals surface area contributed by atoms with E-state index in [0.717, 1.165) is 37.8 Å². The summed E-state index contributed by atoms with van der Waals surface area (Å²) in [5, 5.41) is 0.626. The van der Waals surface area contributed by atoms with Gasteiger partial charge in [-0.15, -0.1) is 0 Å². The molecule has 3 aliphatic rings. The van der Waals surface area contributed by atoms with E-state index in [-0.39, 0.29) is 17.2 Å². The van der Waals surface area contributed by atoms with Crippen LogP contribution in [-0.2, 0) is 4.79 Å². The van der Waals surface area contributed by atoms with Gasteiger partial charge in [-0.05, 0) is 85.1 Å². The zero-order chi connectivity index (χ0) is 25.7. The number of allylic oxidation sites excluding steroid dienone is 4. The molecule has 0 unspecified atom stereocenters. The highest BCUT2D eigenvalue weighted by molar-refractivity contribution is 6.30. The molecule has 0 aliphatic heterocycles. The van der Waals surface area contributed by atoms with Gasteiger partial charge in [-0.2, -0.15) is 0 Å². The van der Waals surface area contributed by atoms with E-state index in [1.54, 1.807) is 16.5 Å². The second-order valence-corrected chi connectivity index (χ2v) is 12.1. The summed E-state index contributed by atoms with van der Waals surface area (Å²) in [4.78, 5) is 24.9. The predicted octanol–water partition coefficient (Wildman–Crippen LogP) is 7.51. The van der Waals surface area contributed by atoms with Crippen molar-refractivity contribution in [2.24, 2.45) is 28.6 Å². The van der Waals surface area contributed by atoms with Gasteiger partial charge in [0.15, 0.2) is 0 Å². The number of anilines is 3. The number of nitrogen functional groups attached to an aromatic ring is 1. The van der Waals surface area contributed by atoms with Gasteiger partial charge in [-0.25, -0.2) is 9.97 Å². The highest BCUT2D eigenvalue weighted by Crippen LogP contribution is 2.62. The average Bonchev–Trinajstić information content (AvgIpc) is 2.85. The van der Waals surface area contributed by atoms with Crippen LogP contribution in [0, 0.1) is 28.6 Å². The van der Waals surface area contributed by atoms with E-state index in [4.69, 9.17) is 17.3 Å². The van der Waals surface area contributed by atoms with Gasteiger partial charge < -0.3 is 5.73 Å². The molecule has 1 amide bonds. The highest BCUT2D eigenvalue weighted by Gasteiger charge is 2.58. The molecule has 0 radical (unpaired) electrons. The van der Waals surface area contributed by atoms with E-state index >= 15 is 0 Å². The van der Waals surface area contributed by atoms with Crippen LogP contribution in [0.1, 0.15) is 66.2 Å². The number of nitrogens with zero attached hydrogens (tertiary/aromatic N) is 3. The largest absolute Gasteiger partial charge is 0.384 e. The molecule has 0 bridgehead atoms. The van der Waals surface area contributed by atoms with Crippen LogP contribution in [0.25, 0.3) is 0 Å². The van der Waals surface area contributed by atoms with Crippen molar-refractivity contribution in [1.29, 1.82) is 0 Å². The van der Waals surface area contributed by atoms with E-state index in [1.165, 1.54) is 18.3 Å². The van der Waals surface area contributed by atoms with Crippen LogP contribution in [0.2, 0.25) is 5.02 Å². The Balaban J connectivity index is 1.57. The van der Waals surface area contributed by atoms with E-state index in [2.05, 4.69) is 49.8 Å². The molecule has 5 nitrogen and oxygen atoms in total. The first-order valence-corrected chi connectivity index (χ1v) is 13.6. The number of carbonyl (C=O) groups is 1. The van der Waals surface area contributed by atoms with E-state index in [0.29, 0.717) is 28.5 Å². The van der Waals surface area contributed by atoms with Crippen LogP contribution in [0.4, 0.5) is 17.3 Å². The number of rotatable bonds is 4. The summed E-state index contributed by atoms with van der Waals surface area (Å²) in [7, 11) is 0. The van der Waals surface area contributed by atoms with Crippen molar-refractivity contribution in [2.75, 3.05) is 10.6 Å². The van der Waals surface area contributed by atoms with Crippen LogP contribution in [0.15, 0.2) is 60.0 Å². The predicted molar refractivity (Wildman–Crippen MR) is 147 cm³/mol. The smallest absolute Gasteiger partial charge is 0.238 e. The van der Waals surface area contributed by atoms with E-state index in [9.17, 15) is 4.79 Å². The number of carbonyl (C=O) groups excluding carboxylic acids is 1. The molecule has 1 heterocycles. The molecule has 0 saturated heterocycles. The second kappa shape index (κ2) is 9.33. The molecule has 2 aromatic rings. The van der Waals surface area contributed by atoms with Crippen LogP contribution >= 0.6 is 11.6 Å². The molecule has 1 aromatic heterocycles. The molecular formula is C30H37ClN4O. The summed E-state index contributed by atoms with van der Waals surface area (Å²) in [6.45, 7) is 9.22. The molecule has 0 spiro atoms. The maximum atomic E-state index is 14.7. The molecule has 1 saturated carbocycles. The van der Waals surface area contributed by atoms with Crippen LogP contribution < -0.4 is 10.6 Å². The molecule has 190 valence electrons. The van der Waals surface area contributed by atoms with Gasteiger partial charge in [0, 0.05) is 11.1 Å². The summed E-state index contributed by atoms with van der Waals surface area (Å²) >= 11 is 6.19. The Hall–Kier alpha value is -2.66. The third-order valence-electron chi connectivity index (χ3n) is 9.26. The molecule has 2 N–H and O–H groups in total. The maximum absolute atomic E-state index is 14.7. The molecular weight excluding hydrogens is 468 g/mol. The monoisotopic (exact) mass is 504 g/mol. The van der Waals surface area contributed by atoms with Crippen LogP contribution in [-0.4, -0.2) is 15.9 Å². The van der Waals surface area contributed by atoms with E-state index < -0.39 is 5.41 Å². The maximum Gasteiger partial charge on any atom is 0.238 e. The normalized spacial score (nSPS) is 29.6. The Morgan fingerprint density at radius 1 is 1.17 bits per heavy atom. The lowest BCUT2D eigenvalue weighted by molar-refractivity contribution is -0.140. The fraction of sp³-hybridized carbons (Fsp3) is 0.500. The minimum Gasteiger partial charge on any atom is -0.384 e. The van der Waals surface area contributed by atoms with Crippen molar-refractivity contribution in [3.8, 4) is 0 Å². The second-order valence-electron chi connectivity index (χ2n) is 11.7. The zero-order valence-electron chi connectivity index (χ0n) is 21.8. The third kappa shape index (κ3) is 4.15. The number of hydrogen-bond donors (Lipinski definition) is 1. The zero-order valence-corrected chi connectivity index (χ0v) is 22.6. The van der Waals surface area contributed by atoms with Crippen molar-refractivity contribution in [1.82, 2.24) is 9.97 Å². The summed E-state index contributed by atoms with van der Waals surface area (Å²) in [5.74, 6) is 2.25. The number of benzene rings is 1. The Morgan fingerprint density at radius 2 is 1.92 bits per heavy atom. The van der Waals surface area contributed by atoms with Crippen molar-refractivity contribution >= 4 is 34.8 Å². The Bertz CT molecular complexity index is 1220. The fourth-order valence-corrected chi connectivity index (χ4v) is 7.41. The van der Waals surface area contributed by atoms with Crippen molar-refractivity contribution in [3.05, 3.63) is 65.0 Å². The van der Waals surface area contributed by atoms with Crippen molar-refractivity contribution in [3.63, 3.8) is 0 Å².